The van der Waals surface area contributed by atoms with Gasteiger partial charge in [-0.2, -0.15) is 0 Å². The number of rotatable bonds is 11. The number of carbonyl (C=O) groups is 1. The molecule has 0 atom stereocenters. The van der Waals surface area contributed by atoms with Gasteiger partial charge in [-0.25, -0.2) is 0 Å². The number of hydrogen-bond acceptors (Lipinski definition) is 4. The van der Waals surface area contributed by atoms with Gasteiger partial charge in [0.15, 0.2) is 0 Å². The van der Waals surface area contributed by atoms with Crippen LogP contribution in [-0.4, -0.2) is 61.3 Å². The van der Waals surface area contributed by atoms with Crippen LogP contribution in [0.3, 0.4) is 0 Å². The lowest BCUT2D eigenvalue weighted by Gasteiger charge is -2.26. The molecular formula is C28H42N4O2. The molecule has 0 saturated carbocycles. The molecule has 1 amide bonds. The number of primary amides is 1. The Balaban J connectivity index is 1.63. The summed E-state index contributed by atoms with van der Waals surface area (Å²) >= 11 is 0. The Morgan fingerprint density at radius 1 is 0.971 bits per heavy atom. The van der Waals surface area contributed by atoms with Crippen molar-refractivity contribution in [2.24, 2.45) is 5.73 Å². The van der Waals surface area contributed by atoms with Gasteiger partial charge in [0, 0.05) is 61.9 Å². The van der Waals surface area contributed by atoms with Crippen molar-refractivity contribution in [3.8, 4) is 11.1 Å². The minimum atomic E-state index is -0.320. The van der Waals surface area contributed by atoms with Crippen LogP contribution in [0, 0.1) is 6.92 Å². The molecule has 34 heavy (non-hydrogen) atoms. The third-order valence-corrected chi connectivity index (χ3v) is 7.48. The fourth-order valence-corrected chi connectivity index (χ4v) is 5.61. The number of anilines is 1. The standard InChI is InChI=1S/C28H42N4O2/c1-3-4-5-9-25-27(23-10-12-24(13-11-23)31-15-6-7-16-31)26(28(29)33)22(2)32(25)17-8-14-30-18-20-34-21-19-30/h10-13H,3-9,14-21H2,1-2H3,(H2,29,33). The largest absolute Gasteiger partial charge is 0.379 e. The Hall–Kier alpha value is -2.31. The summed E-state index contributed by atoms with van der Waals surface area (Å²) in [7, 11) is 0. The first-order valence-corrected chi connectivity index (χ1v) is 13.3. The highest BCUT2D eigenvalue weighted by Crippen LogP contribution is 2.35. The molecule has 6 heteroatoms. The number of carbonyl (C=O) groups excluding carboxylic acids is 1. The van der Waals surface area contributed by atoms with Gasteiger partial charge in [0.1, 0.15) is 0 Å². The quantitative estimate of drug-likeness (QED) is 0.491. The predicted molar refractivity (Wildman–Crippen MR) is 140 cm³/mol. The summed E-state index contributed by atoms with van der Waals surface area (Å²) in [4.78, 5) is 17.6. The summed E-state index contributed by atoms with van der Waals surface area (Å²) in [6, 6.07) is 8.81. The highest BCUT2D eigenvalue weighted by atomic mass is 16.5. The van der Waals surface area contributed by atoms with Gasteiger partial charge in [0.2, 0.25) is 0 Å². The summed E-state index contributed by atoms with van der Waals surface area (Å²) in [6.07, 6.45) is 8.06. The number of unbranched alkanes of at least 4 members (excludes halogenated alkanes) is 2. The van der Waals surface area contributed by atoms with Gasteiger partial charge in [0.05, 0.1) is 18.8 Å². The van der Waals surface area contributed by atoms with Crippen molar-refractivity contribution in [3.05, 3.63) is 41.2 Å². The topological polar surface area (TPSA) is 63.7 Å². The number of ether oxygens (including phenoxy) is 1. The molecule has 0 bridgehead atoms. The fraction of sp³-hybridized carbons (Fsp3) is 0.607. The maximum absolute atomic E-state index is 12.7. The molecule has 0 aliphatic carbocycles. The SMILES string of the molecule is CCCCCc1c(-c2ccc(N3CCCC3)cc2)c(C(N)=O)c(C)n1CCCN1CCOCC1. The highest BCUT2D eigenvalue weighted by Gasteiger charge is 2.25. The number of nitrogens with zero attached hydrogens (tertiary/aromatic N) is 3. The Bertz CT molecular complexity index is 938. The average Bonchev–Trinajstić information content (AvgIpc) is 3.48. The van der Waals surface area contributed by atoms with E-state index in [1.807, 2.05) is 0 Å². The van der Waals surface area contributed by atoms with E-state index in [4.69, 9.17) is 10.5 Å². The zero-order valence-electron chi connectivity index (χ0n) is 21.2. The average molecular weight is 467 g/mol. The maximum atomic E-state index is 12.7. The summed E-state index contributed by atoms with van der Waals surface area (Å²) in [5.41, 5.74) is 12.4. The molecule has 3 heterocycles. The van der Waals surface area contributed by atoms with Gasteiger partial charge in [-0.3, -0.25) is 9.69 Å². The minimum absolute atomic E-state index is 0.320. The summed E-state index contributed by atoms with van der Waals surface area (Å²) in [5.74, 6) is -0.320. The number of amides is 1. The van der Waals surface area contributed by atoms with Crippen LogP contribution in [-0.2, 0) is 17.7 Å². The van der Waals surface area contributed by atoms with Crippen LogP contribution in [0.2, 0.25) is 0 Å². The summed E-state index contributed by atoms with van der Waals surface area (Å²) in [6.45, 7) is 12.2. The Morgan fingerprint density at radius 3 is 2.32 bits per heavy atom. The zero-order chi connectivity index (χ0) is 23.9. The molecule has 2 N–H and O–H groups in total. The van der Waals surface area contributed by atoms with Crippen molar-refractivity contribution in [2.45, 2.75) is 65.3 Å². The molecule has 2 saturated heterocycles. The van der Waals surface area contributed by atoms with E-state index in [0.717, 1.165) is 88.6 Å². The molecule has 6 nitrogen and oxygen atoms in total. The number of aromatic nitrogens is 1. The van der Waals surface area contributed by atoms with Crippen molar-refractivity contribution < 1.29 is 9.53 Å². The number of nitrogens with two attached hydrogens (primary N) is 1. The number of hydrogen-bond donors (Lipinski definition) is 1. The normalized spacial score (nSPS) is 16.9. The molecule has 0 radical (unpaired) electrons. The second-order valence-electron chi connectivity index (χ2n) is 9.80. The molecule has 2 aliphatic heterocycles. The second-order valence-corrected chi connectivity index (χ2v) is 9.80. The van der Waals surface area contributed by atoms with Crippen molar-refractivity contribution >= 4 is 11.6 Å². The minimum Gasteiger partial charge on any atom is -0.379 e. The molecule has 1 aromatic carbocycles. The monoisotopic (exact) mass is 466 g/mol. The van der Waals surface area contributed by atoms with Gasteiger partial charge in [-0.1, -0.05) is 31.9 Å². The summed E-state index contributed by atoms with van der Waals surface area (Å²) in [5, 5.41) is 0. The third kappa shape index (κ3) is 5.66. The van der Waals surface area contributed by atoms with Gasteiger partial charge < -0.3 is 19.9 Å². The number of morpholine rings is 1. The van der Waals surface area contributed by atoms with Crippen LogP contribution in [0.1, 0.15) is 67.2 Å². The molecule has 0 unspecified atom stereocenters. The first-order chi connectivity index (χ1) is 16.6. The van der Waals surface area contributed by atoms with Crippen molar-refractivity contribution in [2.75, 3.05) is 50.8 Å². The van der Waals surface area contributed by atoms with E-state index in [9.17, 15) is 4.79 Å². The van der Waals surface area contributed by atoms with E-state index in [2.05, 4.69) is 52.5 Å². The lowest BCUT2D eigenvalue weighted by molar-refractivity contribution is 0.0369. The maximum Gasteiger partial charge on any atom is 0.251 e. The first-order valence-electron chi connectivity index (χ1n) is 13.3. The van der Waals surface area contributed by atoms with Gasteiger partial charge >= 0.3 is 0 Å². The Kier molecular flexibility index (Phi) is 8.68. The first kappa shape index (κ1) is 24.8. The highest BCUT2D eigenvalue weighted by molar-refractivity contribution is 6.02. The van der Waals surface area contributed by atoms with E-state index >= 15 is 0 Å². The molecule has 2 fully saturated rings. The van der Waals surface area contributed by atoms with E-state index in [1.54, 1.807) is 0 Å². The second kappa shape index (κ2) is 11.9. The molecule has 1 aromatic heterocycles. The van der Waals surface area contributed by atoms with Crippen LogP contribution in [0.5, 0.6) is 0 Å². The lowest BCUT2D eigenvalue weighted by Crippen LogP contribution is -2.37. The van der Waals surface area contributed by atoms with E-state index in [1.165, 1.54) is 37.1 Å². The lowest BCUT2D eigenvalue weighted by atomic mass is 9.97. The Morgan fingerprint density at radius 2 is 1.68 bits per heavy atom. The van der Waals surface area contributed by atoms with E-state index in [-0.39, 0.29) is 5.91 Å². The van der Waals surface area contributed by atoms with Crippen LogP contribution in [0.15, 0.2) is 24.3 Å². The van der Waals surface area contributed by atoms with Crippen LogP contribution in [0.25, 0.3) is 11.1 Å². The summed E-state index contributed by atoms with van der Waals surface area (Å²) < 4.78 is 7.88. The van der Waals surface area contributed by atoms with Gasteiger partial charge in [0.25, 0.3) is 5.91 Å². The van der Waals surface area contributed by atoms with Crippen LogP contribution < -0.4 is 10.6 Å². The van der Waals surface area contributed by atoms with Crippen molar-refractivity contribution in [1.82, 2.24) is 9.47 Å². The molecule has 4 rings (SSSR count). The predicted octanol–water partition coefficient (Wildman–Crippen LogP) is 4.62. The van der Waals surface area contributed by atoms with E-state index < -0.39 is 0 Å². The van der Waals surface area contributed by atoms with Gasteiger partial charge in [-0.15, -0.1) is 0 Å². The molecule has 0 spiro atoms. The van der Waals surface area contributed by atoms with E-state index in [0.29, 0.717) is 5.56 Å². The number of benzene rings is 1. The molecule has 2 aromatic rings. The van der Waals surface area contributed by atoms with Crippen LogP contribution in [0.4, 0.5) is 5.69 Å². The molecular weight excluding hydrogens is 424 g/mol. The van der Waals surface area contributed by atoms with Crippen LogP contribution >= 0.6 is 0 Å². The third-order valence-electron chi connectivity index (χ3n) is 7.48. The van der Waals surface area contributed by atoms with Gasteiger partial charge in [-0.05, 0) is 56.7 Å². The fourth-order valence-electron chi connectivity index (χ4n) is 5.61. The zero-order valence-corrected chi connectivity index (χ0v) is 21.2. The molecule has 186 valence electrons. The van der Waals surface area contributed by atoms with Crippen molar-refractivity contribution in [3.63, 3.8) is 0 Å². The van der Waals surface area contributed by atoms with Crippen molar-refractivity contribution in [1.29, 1.82) is 0 Å². The Labute approximate surface area is 205 Å². The molecule has 2 aliphatic rings. The smallest absolute Gasteiger partial charge is 0.251 e.